The third-order valence-electron chi connectivity index (χ3n) is 3.06. The van der Waals surface area contributed by atoms with E-state index in [1.54, 1.807) is 0 Å². The van der Waals surface area contributed by atoms with Gasteiger partial charge >= 0.3 is 5.97 Å². The number of aromatic nitrogens is 3. The predicted octanol–water partition coefficient (Wildman–Crippen LogP) is 2.96. The van der Waals surface area contributed by atoms with Crippen molar-refractivity contribution in [3.05, 3.63) is 0 Å². The Kier molecular flexibility index (Phi) is 8.21. The first kappa shape index (κ1) is 19.9. The average molecular weight is 338 g/mol. The molecule has 0 aliphatic rings. The largest absolute Gasteiger partial charge is 0.481 e. The predicted molar refractivity (Wildman–Crippen MR) is 96.6 cm³/mol. The quantitative estimate of drug-likeness (QED) is 0.456. The standard InChI is InChI=1S/C16H30N6O2/c1-5-17-13-19-14(21-15(20-13)22-16(2,3)4)18-11-9-7-6-8-10-12(23)24/h5-11H2,1-4H3,(H,23,24)(H3,17,18,19,20,21,22). The summed E-state index contributed by atoms with van der Waals surface area (Å²) in [6.07, 6.45) is 3.83. The number of carbonyl (C=O) groups is 1. The third kappa shape index (κ3) is 9.12. The Morgan fingerprint density at radius 1 is 0.958 bits per heavy atom. The van der Waals surface area contributed by atoms with Gasteiger partial charge in [-0.05, 0) is 40.5 Å². The summed E-state index contributed by atoms with van der Waals surface area (Å²) >= 11 is 0. The molecule has 1 aromatic rings. The molecule has 0 saturated heterocycles. The minimum atomic E-state index is -0.729. The zero-order valence-corrected chi connectivity index (χ0v) is 15.1. The van der Waals surface area contributed by atoms with Gasteiger partial charge in [-0.25, -0.2) is 0 Å². The summed E-state index contributed by atoms with van der Waals surface area (Å²) in [4.78, 5) is 23.5. The van der Waals surface area contributed by atoms with Crippen molar-refractivity contribution >= 4 is 23.8 Å². The van der Waals surface area contributed by atoms with Crippen LogP contribution in [0, 0.1) is 0 Å². The maximum Gasteiger partial charge on any atom is 0.303 e. The first-order valence-corrected chi connectivity index (χ1v) is 8.54. The van der Waals surface area contributed by atoms with Crippen LogP contribution in [0.2, 0.25) is 0 Å². The molecule has 0 amide bonds. The number of nitrogens with one attached hydrogen (secondary N) is 3. The second kappa shape index (κ2) is 9.89. The molecule has 0 bridgehead atoms. The fourth-order valence-corrected chi connectivity index (χ4v) is 2.04. The van der Waals surface area contributed by atoms with Gasteiger partial charge in [0.15, 0.2) is 0 Å². The average Bonchev–Trinajstić information content (AvgIpc) is 2.44. The van der Waals surface area contributed by atoms with E-state index in [1.165, 1.54) is 0 Å². The first-order chi connectivity index (χ1) is 11.3. The zero-order chi connectivity index (χ0) is 18.0. The summed E-state index contributed by atoms with van der Waals surface area (Å²) in [6, 6.07) is 0. The van der Waals surface area contributed by atoms with Crippen LogP contribution in [0.25, 0.3) is 0 Å². The minimum absolute atomic E-state index is 0.133. The second-order valence-corrected chi connectivity index (χ2v) is 6.70. The van der Waals surface area contributed by atoms with Gasteiger partial charge in [0.05, 0.1) is 0 Å². The van der Waals surface area contributed by atoms with Crippen molar-refractivity contribution in [2.24, 2.45) is 0 Å². The Labute approximate surface area is 143 Å². The molecule has 0 aliphatic carbocycles. The van der Waals surface area contributed by atoms with Gasteiger partial charge in [0.25, 0.3) is 0 Å². The summed E-state index contributed by atoms with van der Waals surface area (Å²) in [6.45, 7) is 9.63. The van der Waals surface area contributed by atoms with E-state index in [-0.39, 0.29) is 12.0 Å². The van der Waals surface area contributed by atoms with Gasteiger partial charge in [-0.3, -0.25) is 4.79 Å². The Balaban J connectivity index is 2.49. The van der Waals surface area contributed by atoms with Crippen LogP contribution in [0.3, 0.4) is 0 Å². The van der Waals surface area contributed by atoms with E-state index < -0.39 is 5.97 Å². The maximum absolute atomic E-state index is 10.4. The monoisotopic (exact) mass is 338 g/mol. The van der Waals surface area contributed by atoms with E-state index >= 15 is 0 Å². The van der Waals surface area contributed by atoms with Gasteiger partial charge in [0.2, 0.25) is 17.8 Å². The van der Waals surface area contributed by atoms with E-state index in [2.05, 4.69) is 30.9 Å². The number of unbranched alkanes of at least 4 members (excludes halogenated alkanes) is 3. The van der Waals surface area contributed by atoms with Crippen molar-refractivity contribution in [1.82, 2.24) is 15.0 Å². The Bertz CT molecular complexity index is 516. The molecule has 4 N–H and O–H groups in total. The van der Waals surface area contributed by atoms with E-state index in [9.17, 15) is 4.79 Å². The fourth-order valence-electron chi connectivity index (χ4n) is 2.04. The Hall–Kier alpha value is -2.12. The van der Waals surface area contributed by atoms with Gasteiger partial charge < -0.3 is 21.1 Å². The lowest BCUT2D eigenvalue weighted by Gasteiger charge is -2.21. The number of anilines is 3. The second-order valence-electron chi connectivity index (χ2n) is 6.70. The van der Waals surface area contributed by atoms with E-state index in [1.807, 2.05) is 27.7 Å². The summed E-state index contributed by atoms with van der Waals surface area (Å²) in [5, 5.41) is 18.2. The summed E-state index contributed by atoms with van der Waals surface area (Å²) in [7, 11) is 0. The van der Waals surface area contributed by atoms with Crippen molar-refractivity contribution in [3.63, 3.8) is 0 Å². The molecule has 8 heteroatoms. The lowest BCUT2D eigenvalue weighted by atomic mass is 10.1. The Morgan fingerprint density at radius 2 is 1.54 bits per heavy atom. The number of hydrogen-bond donors (Lipinski definition) is 4. The lowest BCUT2D eigenvalue weighted by Crippen LogP contribution is -2.28. The van der Waals surface area contributed by atoms with Crippen LogP contribution < -0.4 is 16.0 Å². The smallest absolute Gasteiger partial charge is 0.303 e. The molecule has 0 saturated carbocycles. The summed E-state index contributed by atoms with van der Waals surface area (Å²) in [5.74, 6) is 0.895. The molecular formula is C16H30N6O2. The van der Waals surface area contributed by atoms with Crippen molar-refractivity contribution in [1.29, 1.82) is 0 Å². The minimum Gasteiger partial charge on any atom is -0.481 e. The van der Waals surface area contributed by atoms with Crippen LogP contribution in [-0.4, -0.2) is 44.7 Å². The SMILES string of the molecule is CCNc1nc(NCCCCCCC(=O)O)nc(NC(C)(C)C)n1. The van der Waals surface area contributed by atoms with Gasteiger partial charge in [0, 0.05) is 25.0 Å². The molecule has 24 heavy (non-hydrogen) atoms. The van der Waals surface area contributed by atoms with Crippen molar-refractivity contribution in [3.8, 4) is 0 Å². The molecule has 1 rings (SSSR count). The molecule has 0 fully saturated rings. The molecule has 136 valence electrons. The molecule has 0 atom stereocenters. The topological polar surface area (TPSA) is 112 Å². The van der Waals surface area contributed by atoms with Crippen molar-refractivity contribution < 1.29 is 9.90 Å². The third-order valence-corrected chi connectivity index (χ3v) is 3.06. The van der Waals surface area contributed by atoms with Crippen LogP contribution in [0.1, 0.15) is 59.8 Å². The number of carboxylic acid groups (broad SMARTS) is 1. The number of aliphatic carboxylic acids is 1. The number of rotatable bonds is 11. The maximum atomic E-state index is 10.4. The highest BCUT2D eigenvalue weighted by atomic mass is 16.4. The summed E-state index contributed by atoms with van der Waals surface area (Å²) < 4.78 is 0. The molecule has 0 aliphatic heterocycles. The zero-order valence-electron chi connectivity index (χ0n) is 15.1. The van der Waals surface area contributed by atoms with E-state index in [4.69, 9.17) is 5.11 Å². The fraction of sp³-hybridized carbons (Fsp3) is 0.750. The molecule has 8 nitrogen and oxygen atoms in total. The van der Waals surface area contributed by atoms with Crippen LogP contribution in [0.4, 0.5) is 17.8 Å². The van der Waals surface area contributed by atoms with Crippen LogP contribution in [0.15, 0.2) is 0 Å². The van der Waals surface area contributed by atoms with E-state index in [0.29, 0.717) is 17.8 Å². The van der Waals surface area contributed by atoms with Gasteiger partial charge in [-0.1, -0.05) is 12.8 Å². The Morgan fingerprint density at radius 3 is 2.12 bits per heavy atom. The molecular weight excluding hydrogens is 308 g/mol. The van der Waals surface area contributed by atoms with Crippen LogP contribution in [0.5, 0.6) is 0 Å². The van der Waals surface area contributed by atoms with Crippen LogP contribution in [-0.2, 0) is 4.79 Å². The van der Waals surface area contributed by atoms with Gasteiger partial charge in [-0.15, -0.1) is 0 Å². The van der Waals surface area contributed by atoms with Gasteiger partial charge in [0.1, 0.15) is 0 Å². The highest BCUT2D eigenvalue weighted by Crippen LogP contribution is 2.14. The number of hydrogen-bond acceptors (Lipinski definition) is 7. The molecule has 0 radical (unpaired) electrons. The molecule has 0 aromatic carbocycles. The summed E-state index contributed by atoms with van der Waals surface area (Å²) in [5.41, 5.74) is -0.133. The highest BCUT2D eigenvalue weighted by Gasteiger charge is 2.13. The normalized spacial score (nSPS) is 11.2. The van der Waals surface area contributed by atoms with Gasteiger partial charge in [-0.2, -0.15) is 15.0 Å². The number of carboxylic acids is 1. The molecule has 0 unspecified atom stereocenters. The highest BCUT2D eigenvalue weighted by molar-refractivity contribution is 5.66. The lowest BCUT2D eigenvalue weighted by molar-refractivity contribution is -0.137. The number of nitrogens with zero attached hydrogens (tertiary/aromatic N) is 3. The first-order valence-electron chi connectivity index (χ1n) is 8.54. The molecule has 0 spiro atoms. The van der Waals surface area contributed by atoms with E-state index in [0.717, 1.165) is 38.8 Å². The van der Waals surface area contributed by atoms with Crippen LogP contribution >= 0.6 is 0 Å². The molecule has 1 aromatic heterocycles. The molecule has 1 heterocycles. The van der Waals surface area contributed by atoms with Crippen molar-refractivity contribution in [2.75, 3.05) is 29.0 Å². The van der Waals surface area contributed by atoms with Crippen molar-refractivity contribution in [2.45, 2.75) is 65.3 Å².